The first-order valence-electron chi connectivity index (χ1n) is 17.0. The van der Waals surface area contributed by atoms with Gasteiger partial charge < -0.3 is 9.64 Å². The van der Waals surface area contributed by atoms with E-state index in [1.165, 1.54) is 22.9 Å². The Bertz CT molecular complexity index is 1860. The Hall–Kier alpha value is -5.10. The van der Waals surface area contributed by atoms with Crippen molar-refractivity contribution in [3.8, 4) is 33.8 Å². The molecule has 1 fully saturated rings. The van der Waals surface area contributed by atoms with Crippen LogP contribution in [0.5, 0.6) is 0 Å². The molecule has 0 N–H and O–H groups in total. The Morgan fingerprint density at radius 1 is 0.902 bits per heavy atom. The van der Waals surface area contributed by atoms with Crippen LogP contribution in [0, 0.1) is 12.7 Å². The van der Waals surface area contributed by atoms with Crippen LogP contribution in [-0.2, 0) is 16.1 Å². The van der Waals surface area contributed by atoms with Crippen molar-refractivity contribution >= 4 is 6.47 Å². The molecule has 2 aromatic carbocycles. The number of ether oxygens (including phenoxy) is 1. The first-order chi connectivity index (χ1) is 24.5. The van der Waals surface area contributed by atoms with E-state index in [1.54, 1.807) is 6.07 Å². The van der Waals surface area contributed by atoms with Crippen LogP contribution < -0.4 is 5.56 Å². The van der Waals surface area contributed by atoms with E-state index >= 15 is 0 Å². The van der Waals surface area contributed by atoms with Gasteiger partial charge in [-0.1, -0.05) is 32.0 Å². The van der Waals surface area contributed by atoms with Crippen LogP contribution in [0.15, 0.2) is 84.2 Å². The maximum atomic E-state index is 13.9. The zero-order chi connectivity index (χ0) is 37.6. The first kappa shape index (κ1) is 40.3. The van der Waals surface area contributed by atoms with Crippen LogP contribution in [0.1, 0.15) is 64.6 Å². The molecule has 0 unspecified atom stereocenters. The van der Waals surface area contributed by atoms with Crippen molar-refractivity contribution in [3.63, 3.8) is 0 Å². The maximum Gasteiger partial charge on any atom is 0.293 e. The summed E-state index contributed by atoms with van der Waals surface area (Å²) >= 11 is 0. The van der Waals surface area contributed by atoms with Gasteiger partial charge in [-0.15, -0.1) is 0 Å². The second-order valence-electron chi connectivity index (χ2n) is 12.8. The monoisotopic (exact) mass is 701 g/mol. The highest BCUT2D eigenvalue weighted by Crippen LogP contribution is 2.26. The molecule has 0 radical (unpaired) electrons. The second-order valence-corrected chi connectivity index (χ2v) is 12.8. The predicted octanol–water partition coefficient (Wildman–Crippen LogP) is 7.56. The molecule has 0 amide bonds. The minimum absolute atomic E-state index is 0.233. The van der Waals surface area contributed by atoms with Crippen molar-refractivity contribution in [3.05, 3.63) is 107 Å². The van der Waals surface area contributed by atoms with Gasteiger partial charge in [0, 0.05) is 46.9 Å². The van der Waals surface area contributed by atoms with E-state index in [0.717, 1.165) is 53.7 Å². The van der Waals surface area contributed by atoms with Crippen molar-refractivity contribution in [2.24, 2.45) is 0 Å². The number of carbonyl (C=O) groups excluding carboxylic acids is 1. The van der Waals surface area contributed by atoms with Crippen LogP contribution in [-0.4, -0.2) is 73.8 Å². The Morgan fingerprint density at radius 3 is 2.20 bits per heavy atom. The average Bonchev–Trinajstić information content (AvgIpc) is 3.61. The van der Waals surface area contributed by atoms with Crippen molar-refractivity contribution in [2.75, 3.05) is 27.3 Å². The molecule has 1 aliphatic rings. The lowest BCUT2D eigenvalue weighted by Gasteiger charge is -2.28. The fraction of sp³-hybridized carbons (Fsp3) is 0.385. The lowest BCUT2D eigenvalue weighted by molar-refractivity contribution is -0.138. The Kier molecular flexibility index (Phi) is 15.3. The van der Waals surface area contributed by atoms with Crippen LogP contribution in [0.25, 0.3) is 33.8 Å². The molecule has 0 saturated carbocycles. The van der Waals surface area contributed by atoms with Crippen molar-refractivity contribution in [2.45, 2.75) is 72.6 Å². The number of nitrogens with zero attached hydrogens (tertiary/aromatic N) is 7. The molecule has 4 heterocycles. The quantitative estimate of drug-likeness (QED) is 0.160. The van der Waals surface area contributed by atoms with Gasteiger partial charge in [0.1, 0.15) is 11.4 Å². The molecule has 6 rings (SSSR count). The number of aryl methyl sites for hydroxylation is 1. The molecule has 12 heteroatoms. The van der Waals surface area contributed by atoms with E-state index in [-0.39, 0.29) is 23.5 Å². The molecule has 0 spiro atoms. The van der Waals surface area contributed by atoms with E-state index in [9.17, 15) is 18.4 Å². The van der Waals surface area contributed by atoms with Crippen molar-refractivity contribution in [1.82, 2.24) is 34.4 Å². The normalized spacial score (nSPS) is 13.1. The van der Waals surface area contributed by atoms with Gasteiger partial charge in [0.25, 0.3) is 12.0 Å². The third-order valence-electron chi connectivity index (χ3n) is 7.77. The van der Waals surface area contributed by atoms with Gasteiger partial charge >= 0.3 is 0 Å². The highest BCUT2D eigenvalue weighted by atomic mass is 19.1. The summed E-state index contributed by atoms with van der Waals surface area (Å²) in [5.41, 5.74) is 5.05. The van der Waals surface area contributed by atoms with Crippen molar-refractivity contribution in [1.29, 1.82) is 0 Å². The van der Waals surface area contributed by atoms with Gasteiger partial charge in [0.05, 0.1) is 31.7 Å². The molecule has 10 nitrogen and oxygen atoms in total. The maximum absolute atomic E-state index is 13.9. The Balaban J connectivity index is 0.000000566. The number of halogens is 2. The minimum atomic E-state index is -0.334. The number of hydrogen-bond acceptors (Lipinski definition) is 8. The highest BCUT2D eigenvalue weighted by Gasteiger charge is 2.19. The third kappa shape index (κ3) is 12.0. The number of hydrogen-bond donors (Lipinski definition) is 0. The van der Waals surface area contributed by atoms with Crippen LogP contribution in [0.4, 0.5) is 8.78 Å². The molecule has 0 aliphatic carbocycles. The van der Waals surface area contributed by atoms with Crippen LogP contribution >= 0.6 is 0 Å². The number of likely N-dealkylation sites (tertiary alicyclic amines) is 1. The topological polar surface area (TPSA) is 108 Å². The number of carbonyl (C=O) groups is 1. The number of piperidine rings is 1. The summed E-state index contributed by atoms with van der Waals surface area (Å²) in [5.74, 6) is 0.261. The van der Waals surface area contributed by atoms with Crippen molar-refractivity contribution < 1.29 is 18.3 Å². The third-order valence-corrected chi connectivity index (χ3v) is 7.77. The number of alkyl halides is 1. The molecule has 1 saturated heterocycles. The van der Waals surface area contributed by atoms with E-state index < -0.39 is 0 Å². The van der Waals surface area contributed by atoms with Gasteiger partial charge in [-0.05, 0) is 102 Å². The summed E-state index contributed by atoms with van der Waals surface area (Å²) < 4.78 is 31.5. The van der Waals surface area contributed by atoms with Gasteiger partial charge in [-0.25, -0.2) is 19.0 Å². The summed E-state index contributed by atoms with van der Waals surface area (Å²) in [6, 6.07) is 16.0. The molecule has 3 aromatic heterocycles. The van der Waals surface area contributed by atoms with Gasteiger partial charge in [0.2, 0.25) is 0 Å². The molecule has 0 bridgehead atoms. The van der Waals surface area contributed by atoms with Gasteiger partial charge in [-0.3, -0.25) is 18.7 Å². The SMILES string of the molecule is CC.CC(C)(C)OC=O.CF.Cc1cc(F)cc(-c2ccc(=O)n(Cc3cccc(-c4ncc(-c5cnn(C6CCN(C)CC6)c5)cn4)c3)n2)c1. The highest BCUT2D eigenvalue weighted by molar-refractivity contribution is 5.63. The second kappa shape index (κ2) is 19.3. The number of rotatable bonds is 7. The zero-order valence-corrected chi connectivity index (χ0v) is 30.8. The van der Waals surface area contributed by atoms with Gasteiger partial charge in [0.15, 0.2) is 5.82 Å². The molecular weight excluding hydrogens is 652 g/mol. The molecule has 51 heavy (non-hydrogen) atoms. The lowest BCUT2D eigenvalue weighted by Crippen LogP contribution is -2.31. The number of benzene rings is 2. The van der Waals surface area contributed by atoms with E-state index in [0.29, 0.717) is 36.8 Å². The molecule has 0 atom stereocenters. The lowest BCUT2D eigenvalue weighted by atomic mass is 10.1. The van der Waals surface area contributed by atoms with E-state index in [1.807, 2.05) is 90.5 Å². The fourth-order valence-electron chi connectivity index (χ4n) is 5.30. The first-order valence-corrected chi connectivity index (χ1v) is 17.0. The standard InChI is InChI=1S/C31H30FN7O.C5H10O2.C2H6.CH3F/c1-21-12-24(15-27(32)13-21)29-6-7-30(40)39(36-29)19-22-4-3-5-23(14-22)31-33-16-25(17-34-31)26-18-35-38(20-26)28-8-10-37(2)11-9-28;1-5(2,3)7-4-6;2*1-2/h3-7,12-18,20,28H,8-11,19H2,1-2H3;4H,1-3H3;1-2H3;1H3. The predicted molar refractivity (Wildman–Crippen MR) is 197 cm³/mol. The Morgan fingerprint density at radius 2 is 1.59 bits per heavy atom. The van der Waals surface area contributed by atoms with Crippen LogP contribution in [0.2, 0.25) is 0 Å². The summed E-state index contributed by atoms with van der Waals surface area (Å²) in [6.45, 7) is 14.2. The summed E-state index contributed by atoms with van der Waals surface area (Å²) in [7, 11) is 2.66. The van der Waals surface area contributed by atoms with Gasteiger partial charge in [-0.2, -0.15) is 10.2 Å². The molecule has 272 valence electrons. The molecule has 1 aliphatic heterocycles. The fourth-order valence-corrected chi connectivity index (χ4v) is 5.30. The number of aromatic nitrogens is 6. The van der Waals surface area contributed by atoms with E-state index in [2.05, 4.69) is 47.7 Å². The van der Waals surface area contributed by atoms with E-state index in [4.69, 9.17) is 0 Å². The molecule has 5 aromatic rings. The minimum Gasteiger partial charge on any atom is -0.462 e. The molecular formula is C39H49F2N7O3. The zero-order valence-electron chi connectivity index (χ0n) is 30.8. The smallest absolute Gasteiger partial charge is 0.293 e. The summed E-state index contributed by atoms with van der Waals surface area (Å²) in [4.78, 5) is 33.8. The Labute approximate surface area is 299 Å². The largest absolute Gasteiger partial charge is 0.462 e. The van der Waals surface area contributed by atoms with Crippen LogP contribution in [0.3, 0.4) is 0 Å². The summed E-state index contributed by atoms with van der Waals surface area (Å²) in [6.07, 6.45) is 9.79. The average molecular weight is 702 g/mol. The summed E-state index contributed by atoms with van der Waals surface area (Å²) in [5, 5.41) is 9.11.